The van der Waals surface area contributed by atoms with Gasteiger partial charge in [0.25, 0.3) is 0 Å². The molecule has 0 aliphatic carbocycles. The Bertz CT molecular complexity index is 1460. The van der Waals surface area contributed by atoms with Gasteiger partial charge >= 0.3 is 0 Å². The molecule has 0 saturated carbocycles. The predicted molar refractivity (Wildman–Crippen MR) is 118 cm³/mol. The number of fused-ring (bicyclic) bond motifs is 1. The van der Waals surface area contributed by atoms with E-state index in [1.807, 2.05) is 49.5 Å². The van der Waals surface area contributed by atoms with Gasteiger partial charge in [0.1, 0.15) is 5.69 Å². The number of rotatable bonds is 4. The van der Waals surface area contributed by atoms with Crippen LogP contribution in [0, 0.1) is 0 Å². The van der Waals surface area contributed by atoms with Crippen molar-refractivity contribution in [3.63, 3.8) is 0 Å². The third-order valence-electron chi connectivity index (χ3n) is 5.04. The Hall–Kier alpha value is -4.26. The van der Waals surface area contributed by atoms with Gasteiger partial charge in [0.15, 0.2) is 5.82 Å². The Morgan fingerprint density at radius 3 is 2.77 bits per heavy atom. The molecule has 3 N–H and O–H groups in total. The van der Waals surface area contributed by atoms with Gasteiger partial charge in [-0.1, -0.05) is 24.8 Å². The van der Waals surface area contributed by atoms with Crippen LogP contribution in [0.4, 0.5) is 0 Å². The van der Waals surface area contributed by atoms with Gasteiger partial charge in [-0.15, -0.1) is 0 Å². The summed E-state index contributed by atoms with van der Waals surface area (Å²) in [5.74, 6) is 0.696. The van der Waals surface area contributed by atoms with Crippen molar-refractivity contribution in [1.29, 1.82) is 0 Å². The van der Waals surface area contributed by atoms with E-state index in [9.17, 15) is 0 Å². The lowest BCUT2D eigenvalue weighted by atomic mass is 10.1. The van der Waals surface area contributed by atoms with E-state index in [1.54, 1.807) is 18.6 Å². The highest BCUT2D eigenvalue weighted by atomic mass is 15.1. The highest BCUT2D eigenvalue weighted by molar-refractivity contribution is 5.94. The standard InChI is InChI=1S/C23H19N7/c1-3-19-18(11-14(2)16-12-25-26-13-16)22(30-29-19)23-27-20-6-4-5-17(21(20)28-23)15-7-9-24-10-8-15/h3-13,29H,2H2,1H3,(H,25,26)(H,27,28)/b18-11+,19-3+. The first-order valence-electron chi connectivity index (χ1n) is 9.54. The van der Waals surface area contributed by atoms with Crippen LogP contribution in [0.15, 0.2) is 61.7 Å². The fourth-order valence-electron chi connectivity index (χ4n) is 3.50. The zero-order chi connectivity index (χ0) is 20.5. The predicted octanol–water partition coefficient (Wildman–Crippen LogP) is 3.03. The third-order valence-corrected chi connectivity index (χ3v) is 5.04. The Labute approximate surface area is 171 Å². The highest BCUT2D eigenvalue weighted by Gasteiger charge is 2.14. The minimum Gasteiger partial charge on any atom is -0.337 e. The maximum Gasteiger partial charge on any atom is 0.159 e. The Morgan fingerprint density at radius 2 is 2.00 bits per heavy atom. The average Bonchev–Trinajstić information content (AvgIpc) is 3.53. The quantitative estimate of drug-likeness (QED) is 0.437. The molecule has 0 atom stereocenters. The van der Waals surface area contributed by atoms with Gasteiger partial charge in [-0.25, -0.2) is 4.98 Å². The number of hydrogen-bond donors (Lipinski definition) is 3. The van der Waals surface area contributed by atoms with Gasteiger partial charge in [-0.05, 0) is 42.3 Å². The summed E-state index contributed by atoms with van der Waals surface area (Å²) in [7, 11) is 0. The lowest BCUT2D eigenvalue weighted by Gasteiger charge is -2.01. The van der Waals surface area contributed by atoms with Crippen molar-refractivity contribution >= 4 is 28.8 Å². The second-order valence-corrected chi connectivity index (χ2v) is 6.87. The topological polar surface area (TPSA) is 98.9 Å². The molecule has 4 aromatic heterocycles. The van der Waals surface area contributed by atoms with Crippen molar-refractivity contribution in [1.82, 2.24) is 35.3 Å². The molecular weight excluding hydrogens is 374 g/mol. The summed E-state index contributed by atoms with van der Waals surface area (Å²) in [5, 5.41) is 16.3. The number of aromatic nitrogens is 7. The average molecular weight is 393 g/mol. The largest absolute Gasteiger partial charge is 0.337 e. The fraction of sp³-hybridized carbons (Fsp3) is 0.0435. The molecule has 0 aliphatic rings. The fourth-order valence-corrected chi connectivity index (χ4v) is 3.50. The molecular formula is C23H19N7. The summed E-state index contributed by atoms with van der Waals surface area (Å²) < 4.78 is 0. The minimum atomic E-state index is 0.696. The SMILES string of the molecule is C=C(/C=c1/c(-c2nc3c(-c4ccncc4)cccc3[nH]2)n[nH]/c1=C/C)c1cn[nH]c1. The summed E-state index contributed by atoms with van der Waals surface area (Å²) in [6, 6.07) is 10.1. The molecule has 7 nitrogen and oxygen atoms in total. The Kier molecular flexibility index (Phi) is 4.33. The van der Waals surface area contributed by atoms with Crippen LogP contribution in [0.2, 0.25) is 0 Å². The van der Waals surface area contributed by atoms with Gasteiger partial charge < -0.3 is 4.98 Å². The van der Waals surface area contributed by atoms with Crippen LogP contribution >= 0.6 is 0 Å². The van der Waals surface area contributed by atoms with E-state index in [4.69, 9.17) is 4.98 Å². The molecule has 4 heterocycles. The van der Waals surface area contributed by atoms with E-state index >= 15 is 0 Å². The van der Waals surface area contributed by atoms with Crippen molar-refractivity contribution < 1.29 is 0 Å². The van der Waals surface area contributed by atoms with Crippen LogP contribution in [0.5, 0.6) is 0 Å². The molecule has 0 aliphatic heterocycles. The van der Waals surface area contributed by atoms with Crippen molar-refractivity contribution in [2.45, 2.75) is 6.92 Å². The minimum absolute atomic E-state index is 0.696. The van der Waals surface area contributed by atoms with E-state index in [2.05, 4.69) is 43.0 Å². The van der Waals surface area contributed by atoms with Crippen LogP contribution in [0.25, 0.3) is 51.4 Å². The van der Waals surface area contributed by atoms with Gasteiger partial charge in [0.05, 0.1) is 22.6 Å². The summed E-state index contributed by atoms with van der Waals surface area (Å²) in [5.41, 5.74) is 6.45. The molecule has 0 saturated heterocycles. The first-order chi connectivity index (χ1) is 14.7. The number of nitrogens with one attached hydrogen (secondary N) is 3. The first-order valence-corrected chi connectivity index (χ1v) is 9.54. The van der Waals surface area contributed by atoms with Crippen LogP contribution < -0.4 is 10.6 Å². The Morgan fingerprint density at radius 1 is 1.13 bits per heavy atom. The van der Waals surface area contributed by atoms with Crippen LogP contribution in [0.1, 0.15) is 12.5 Å². The summed E-state index contributed by atoms with van der Waals surface area (Å²) in [4.78, 5) is 12.4. The third kappa shape index (κ3) is 3.02. The summed E-state index contributed by atoms with van der Waals surface area (Å²) in [6.07, 6.45) is 11.1. The number of benzene rings is 1. The Balaban J connectivity index is 1.69. The molecule has 1 aromatic carbocycles. The van der Waals surface area contributed by atoms with Crippen LogP contribution in [-0.4, -0.2) is 35.3 Å². The molecule has 0 spiro atoms. The number of hydrogen-bond acceptors (Lipinski definition) is 4. The maximum absolute atomic E-state index is 4.90. The number of aromatic amines is 3. The van der Waals surface area contributed by atoms with Crippen LogP contribution in [-0.2, 0) is 0 Å². The number of nitrogens with zero attached hydrogens (tertiary/aromatic N) is 4. The smallest absolute Gasteiger partial charge is 0.159 e. The number of imidazole rings is 1. The molecule has 30 heavy (non-hydrogen) atoms. The lowest BCUT2D eigenvalue weighted by Crippen LogP contribution is -2.23. The maximum atomic E-state index is 4.90. The van der Waals surface area contributed by atoms with Crippen LogP contribution in [0.3, 0.4) is 0 Å². The second-order valence-electron chi connectivity index (χ2n) is 6.87. The first kappa shape index (κ1) is 17.8. The number of allylic oxidation sites excluding steroid dienone is 1. The van der Waals surface area contributed by atoms with E-state index in [-0.39, 0.29) is 0 Å². The van der Waals surface area contributed by atoms with E-state index in [0.29, 0.717) is 5.82 Å². The van der Waals surface area contributed by atoms with Gasteiger partial charge in [-0.2, -0.15) is 10.2 Å². The monoisotopic (exact) mass is 393 g/mol. The molecule has 5 aromatic rings. The summed E-state index contributed by atoms with van der Waals surface area (Å²) >= 11 is 0. The van der Waals surface area contributed by atoms with Gasteiger partial charge in [0.2, 0.25) is 0 Å². The van der Waals surface area contributed by atoms with Crippen molar-refractivity contribution in [2.75, 3.05) is 0 Å². The molecule has 0 unspecified atom stereocenters. The van der Waals surface area contributed by atoms with E-state index in [1.165, 1.54) is 0 Å². The van der Waals surface area contributed by atoms with Gasteiger partial charge in [-0.3, -0.25) is 15.2 Å². The van der Waals surface area contributed by atoms with E-state index in [0.717, 1.165) is 49.6 Å². The molecule has 146 valence electrons. The van der Waals surface area contributed by atoms with Gasteiger partial charge in [0, 0.05) is 34.9 Å². The molecule has 7 heteroatoms. The number of pyridine rings is 1. The highest BCUT2D eigenvalue weighted by Crippen LogP contribution is 2.28. The molecule has 0 fully saturated rings. The number of para-hydroxylation sites is 1. The second kappa shape index (κ2) is 7.29. The summed E-state index contributed by atoms with van der Waals surface area (Å²) in [6.45, 7) is 6.14. The molecule has 0 amide bonds. The molecule has 0 radical (unpaired) electrons. The van der Waals surface area contributed by atoms with E-state index < -0.39 is 0 Å². The van der Waals surface area contributed by atoms with Crippen molar-refractivity contribution in [3.05, 3.63) is 77.8 Å². The zero-order valence-corrected chi connectivity index (χ0v) is 16.3. The zero-order valence-electron chi connectivity index (χ0n) is 16.3. The normalized spacial score (nSPS) is 12.7. The number of H-pyrrole nitrogens is 3. The molecule has 5 rings (SSSR count). The van der Waals surface area contributed by atoms with Crippen molar-refractivity contribution in [3.8, 4) is 22.6 Å². The lowest BCUT2D eigenvalue weighted by molar-refractivity contribution is 1.05. The van der Waals surface area contributed by atoms with Crippen molar-refractivity contribution in [2.24, 2.45) is 0 Å². The molecule has 0 bridgehead atoms.